The Morgan fingerprint density at radius 2 is 2.33 bits per heavy atom. The van der Waals surface area contributed by atoms with Crippen LogP contribution in [0.5, 0.6) is 0 Å². The highest BCUT2D eigenvalue weighted by Gasteiger charge is 2.19. The van der Waals surface area contributed by atoms with E-state index in [0.29, 0.717) is 18.9 Å². The zero-order valence-electron chi connectivity index (χ0n) is 10.8. The van der Waals surface area contributed by atoms with Crippen molar-refractivity contribution in [3.05, 3.63) is 23.5 Å². The summed E-state index contributed by atoms with van der Waals surface area (Å²) in [5.74, 6) is 0.662. The number of thiazole rings is 1. The Morgan fingerprint density at radius 3 is 2.94 bits per heavy atom. The number of imidazole rings is 1. The van der Waals surface area contributed by atoms with E-state index in [1.807, 2.05) is 22.2 Å². The normalized spacial score (nSPS) is 13.3. The Hall–Kier alpha value is -1.20. The van der Waals surface area contributed by atoms with Gasteiger partial charge in [0, 0.05) is 30.2 Å². The Morgan fingerprint density at radius 1 is 1.56 bits per heavy atom. The predicted octanol–water partition coefficient (Wildman–Crippen LogP) is 2.13. The van der Waals surface area contributed by atoms with Crippen LogP contribution in [0.4, 0.5) is 0 Å². The molecule has 1 atom stereocenters. The summed E-state index contributed by atoms with van der Waals surface area (Å²) in [6.07, 6.45) is 5.13. The second kappa shape index (κ2) is 5.63. The van der Waals surface area contributed by atoms with E-state index >= 15 is 0 Å². The van der Waals surface area contributed by atoms with Crippen LogP contribution in [0.25, 0.3) is 4.96 Å². The van der Waals surface area contributed by atoms with E-state index in [0.717, 1.165) is 17.1 Å². The van der Waals surface area contributed by atoms with Crippen LogP contribution in [0.2, 0.25) is 0 Å². The molecule has 0 amide bonds. The predicted molar refractivity (Wildman–Crippen MR) is 73.8 cm³/mol. The lowest BCUT2D eigenvalue weighted by Crippen LogP contribution is -2.26. The van der Waals surface area contributed by atoms with Crippen LogP contribution in [0.1, 0.15) is 26.0 Å². The molecule has 2 aromatic heterocycles. The first kappa shape index (κ1) is 13.2. The highest BCUT2D eigenvalue weighted by molar-refractivity contribution is 7.15. The maximum atomic E-state index is 12.2. The average Bonchev–Trinajstić information content (AvgIpc) is 2.85. The van der Waals surface area contributed by atoms with Gasteiger partial charge >= 0.3 is 0 Å². The number of nitrogens with zero attached hydrogens (tertiary/aromatic N) is 2. The Kier molecular flexibility index (Phi) is 4.14. The second-order valence-electron chi connectivity index (χ2n) is 5.03. The van der Waals surface area contributed by atoms with Crippen molar-refractivity contribution in [3.63, 3.8) is 0 Å². The Labute approximate surface area is 111 Å². The van der Waals surface area contributed by atoms with Crippen molar-refractivity contribution >= 4 is 22.1 Å². The molecule has 0 spiro atoms. The minimum atomic E-state index is -0.0373. The maximum Gasteiger partial charge on any atom is 0.193 e. The summed E-state index contributed by atoms with van der Waals surface area (Å²) in [5.41, 5.74) is 6.53. The van der Waals surface area contributed by atoms with Crippen LogP contribution in [0.15, 0.2) is 17.8 Å². The fourth-order valence-electron chi connectivity index (χ4n) is 2.11. The molecular formula is C13H19N3OS. The summed E-state index contributed by atoms with van der Waals surface area (Å²) in [7, 11) is 0. The molecule has 0 aliphatic carbocycles. The molecule has 4 nitrogen and oxygen atoms in total. The first-order valence-corrected chi connectivity index (χ1v) is 7.12. The molecule has 0 aliphatic heterocycles. The fourth-order valence-corrected chi connectivity index (χ4v) is 2.83. The van der Waals surface area contributed by atoms with Gasteiger partial charge in [0.1, 0.15) is 5.78 Å². The minimum absolute atomic E-state index is 0.0373. The summed E-state index contributed by atoms with van der Waals surface area (Å²) < 4.78 is 1.95. The highest BCUT2D eigenvalue weighted by Crippen LogP contribution is 2.16. The molecule has 0 fully saturated rings. The number of rotatable bonds is 6. The van der Waals surface area contributed by atoms with Crippen molar-refractivity contribution in [2.45, 2.75) is 26.7 Å². The molecule has 0 saturated heterocycles. The maximum absolute atomic E-state index is 12.2. The van der Waals surface area contributed by atoms with Gasteiger partial charge in [0.2, 0.25) is 0 Å². The lowest BCUT2D eigenvalue weighted by Gasteiger charge is -2.14. The largest absolute Gasteiger partial charge is 0.330 e. The number of hydrogen-bond donors (Lipinski definition) is 1. The number of carbonyl (C=O) groups excluding carboxylic acids is 1. The van der Waals surface area contributed by atoms with E-state index in [9.17, 15) is 4.79 Å². The van der Waals surface area contributed by atoms with Gasteiger partial charge in [0.05, 0.1) is 12.1 Å². The van der Waals surface area contributed by atoms with Crippen molar-refractivity contribution in [2.75, 3.05) is 6.54 Å². The van der Waals surface area contributed by atoms with E-state index < -0.39 is 0 Å². The summed E-state index contributed by atoms with van der Waals surface area (Å²) in [5, 5.41) is 1.98. The fraction of sp³-hybridized carbons (Fsp3) is 0.538. The van der Waals surface area contributed by atoms with E-state index in [1.54, 1.807) is 11.3 Å². The standard InChI is InChI=1S/C13H19N3OS/c1-9(2)5-10(7-14)12(17)6-11-8-16-3-4-18-13(16)15-11/h3-4,8-10H,5-7,14H2,1-2H3. The summed E-state index contributed by atoms with van der Waals surface area (Å²) in [6.45, 7) is 4.66. The van der Waals surface area contributed by atoms with Gasteiger partial charge in [-0.1, -0.05) is 13.8 Å². The average molecular weight is 265 g/mol. The summed E-state index contributed by atoms with van der Waals surface area (Å²) in [4.78, 5) is 17.5. The zero-order valence-corrected chi connectivity index (χ0v) is 11.6. The van der Waals surface area contributed by atoms with Crippen molar-refractivity contribution < 1.29 is 4.79 Å². The monoisotopic (exact) mass is 265 g/mol. The smallest absolute Gasteiger partial charge is 0.193 e. The lowest BCUT2D eigenvalue weighted by atomic mass is 9.91. The molecule has 0 radical (unpaired) electrons. The molecule has 2 heterocycles. The zero-order chi connectivity index (χ0) is 13.1. The van der Waals surface area contributed by atoms with Crippen molar-refractivity contribution in [2.24, 2.45) is 17.6 Å². The molecule has 0 bridgehead atoms. The quantitative estimate of drug-likeness (QED) is 0.870. The molecule has 18 heavy (non-hydrogen) atoms. The van der Waals surface area contributed by atoms with Gasteiger partial charge in [-0.25, -0.2) is 4.98 Å². The van der Waals surface area contributed by atoms with Gasteiger partial charge in [0.25, 0.3) is 0 Å². The number of aromatic nitrogens is 2. The van der Waals surface area contributed by atoms with Gasteiger partial charge in [-0.3, -0.25) is 9.20 Å². The second-order valence-corrected chi connectivity index (χ2v) is 5.90. The first-order chi connectivity index (χ1) is 8.60. The summed E-state index contributed by atoms with van der Waals surface area (Å²) in [6, 6.07) is 0. The molecule has 0 aliphatic rings. The topological polar surface area (TPSA) is 60.4 Å². The molecule has 2 N–H and O–H groups in total. The number of nitrogens with two attached hydrogens (primary N) is 1. The number of carbonyl (C=O) groups is 1. The van der Waals surface area contributed by atoms with Crippen LogP contribution < -0.4 is 5.73 Å². The van der Waals surface area contributed by atoms with Crippen LogP contribution in [0.3, 0.4) is 0 Å². The third-order valence-corrected chi connectivity index (χ3v) is 3.77. The first-order valence-electron chi connectivity index (χ1n) is 6.24. The summed E-state index contributed by atoms with van der Waals surface area (Å²) >= 11 is 1.58. The third-order valence-electron chi connectivity index (χ3n) is 2.99. The molecule has 0 saturated carbocycles. The van der Waals surface area contributed by atoms with Crippen LogP contribution in [-0.2, 0) is 11.2 Å². The Balaban J connectivity index is 2.03. The van der Waals surface area contributed by atoms with Gasteiger partial charge in [-0.05, 0) is 12.3 Å². The molecule has 2 rings (SSSR count). The molecular weight excluding hydrogens is 246 g/mol. The highest BCUT2D eigenvalue weighted by atomic mass is 32.1. The van der Waals surface area contributed by atoms with E-state index in [2.05, 4.69) is 18.8 Å². The van der Waals surface area contributed by atoms with Crippen molar-refractivity contribution in [1.82, 2.24) is 9.38 Å². The number of Topliss-reactive ketones (excluding diaryl/α,β-unsaturated/α-hetero) is 1. The lowest BCUT2D eigenvalue weighted by molar-refractivity contribution is -0.122. The van der Waals surface area contributed by atoms with E-state index in [1.165, 1.54) is 0 Å². The number of hydrogen-bond acceptors (Lipinski definition) is 4. The van der Waals surface area contributed by atoms with Crippen LogP contribution >= 0.6 is 11.3 Å². The van der Waals surface area contributed by atoms with Crippen molar-refractivity contribution in [1.29, 1.82) is 0 Å². The van der Waals surface area contributed by atoms with Gasteiger partial charge in [-0.2, -0.15) is 0 Å². The minimum Gasteiger partial charge on any atom is -0.330 e. The van der Waals surface area contributed by atoms with E-state index in [-0.39, 0.29) is 11.7 Å². The SMILES string of the molecule is CC(C)CC(CN)C(=O)Cc1cn2ccsc2n1. The number of ketones is 1. The molecule has 1 unspecified atom stereocenters. The molecule has 0 aromatic carbocycles. The van der Waals surface area contributed by atoms with Gasteiger partial charge in [-0.15, -0.1) is 11.3 Å². The van der Waals surface area contributed by atoms with Crippen LogP contribution in [-0.4, -0.2) is 21.7 Å². The van der Waals surface area contributed by atoms with E-state index in [4.69, 9.17) is 5.73 Å². The number of fused-ring (bicyclic) bond motifs is 1. The molecule has 2 aromatic rings. The third kappa shape index (κ3) is 2.97. The molecule has 98 valence electrons. The van der Waals surface area contributed by atoms with Gasteiger partial charge < -0.3 is 5.73 Å². The Bertz CT molecular complexity index is 501. The van der Waals surface area contributed by atoms with Crippen LogP contribution in [0, 0.1) is 11.8 Å². The van der Waals surface area contributed by atoms with Crippen molar-refractivity contribution in [3.8, 4) is 0 Å². The van der Waals surface area contributed by atoms with Gasteiger partial charge in [0.15, 0.2) is 4.96 Å². The molecule has 5 heteroatoms.